The van der Waals surface area contributed by atoms with E-state index in [2.05, 4.69) is 48.5 Å². The van der Waals surface area contributed by atoms with E-state index in [0.717, 1.165) is 32.5 Å². The summed E-state index contributed by atoms with van der Waals surface area (Å²) in [5.74, 6) is -0.310. The summed E-state index contributed by atoms with van der Waals surface area (Å²) in [6.45, 7) is 18.6. The van der Waals surface area contributed by atoms with Crippen molar-refractivity contribution in [3.05, 3.63) is 0 Å². The Morgan fingerprint density at radius 2 is 1.26 bits per heavy atom. The Bertz CT molecular complexity index is 315. The summed E-state index contributed by atoms with van der Waals surface area (Å²) < 4.78 is 12.3. The van der Waals surface area contributed by atoms with Crippen molar-refractivity contribution in [2.75, 3.05) is 13.2 Å². The Hall–Kier alpha value is 0.350. The molecule has 0 radical (unpaired) electrons. The first-order valence-corrected chi connectivity index (χ1v) is 8.91. The Kier molecular flexibility index (Phi) is 3.88. The van der Waals surface area contributed by atoms with E-state index in [1.54, 1.807) is 0 Å². The molecule has 0 aromatic heterocycles. The van der Waals surface area contributed by atoms with Crippen LogP contribution in [0.4, 0.5) is 0 Å². The molecule has 2 aliphatic rings. The molecule has 0 bridgehead atoms. The van der Waals surface area contributed by atoms with Gasteiger partial charge >= 0.3 is 0 Å². The number of hydrogen-bond acceptors (Lipinski definition) is 2. The van der Waals surface area contributed by atoms with Gasteiger partial charge in [-0.15, -0.1) is 0 Å². The normalized spacial score (nSPS) is 30.5. The summed E-state index contributed by atoms with van der Waals surface area (Å²) >= 11 is 0. The summed E-state index contributed by atoms with van der Waals surface area (Å²) in [5.41, 5.74) is 0. The Balaban J connectivity index is 2.34. The highest BCUT2D eigenvalue weighted by Crippen LogP contribution is 2.74. The average Bonchev–Trinajstić information content (AvgIpc) is 2.10. The van der Waals surface area contributed by atoms with Gasteiger partial charge in [0.05, 0.1) is 13.2 Å². The number of rotatable bonds is 0. The predicted molar refractivity (Wildman–Crippen MR) is 83.3 cm³/mol. The first kappa shape index (κ1) is 15.7. The van der Waals surface area contributed by atoms with Crippen LogP contribution < -0.4 is 0 Å². The van der Waals surface area contributed by atoms with Gasteiger partial charge in [-0.1, -0.05) is 56.4 Å². The van der Waals surface area contributed by atoms with E-state index >= 15 is 0 Å². The minimum Gasteiger partial charge on any atom is -0.350 e. The van der Waals surface area contributed by atoms with E-state index in [0.29, 0.717) is 15.5 Å². The van der Waals surface area contributed by atoms with Crippen molar-refractivity contribution in [2.45, 2.75) is 89.0 Å². The number of hydrogen-bond donors (Lipinski definition) is 0. The molecule has 2 nitrogen and oxygen atoms in total. The lowest BCUT2D eigenvalue weighted by Crippen LogP contribution is -2.56. The second-order valence-electron chi connectivity index (χ2n) is 8.45. The lowest BCUT2D eigenvalue weighted by atomic mass is 9.91. The van der Waals surface area contributed by atoms with Crippen molar-refractivity contribution in [1.82, 2.24) is 0 Å². The summed E-state index contributed by atoms with van der Waals surface area (Å²) in [5, 5.41) is 0.970. The van der Waals surface area contributed by atoms with Gasteiger partial charge in [0.2, 0.25) is 0 Å². The SMILES string of the molecule is CC(C)(C)P1C(C)(C)CC2(CC1(C)C)OCCCO2. The minimum absolute atomic E-state index is 0.110. The van der Waals surface area contributed by atoms with Crippen LogP contribution in [0.2, 0.25) is 0 Å². The third kappa shape index (κ3) is 3.01. The van der Waals surface area contributed by atoms with Crippen LogP contribution in [0.15, 0.2) is 0 Å². The molecule has 2 fully saturated rings. The second kappa shape index (κ2) is 4.68. The van der Waals surface area contributed by atoms with Crippen LogP contribution in [-0.2, 0) is 9.47 Å². The van der Waals surface area contributed by atoms with Crippen molar-refractivity contribution in [1.29, 1.82) is 0 Å². The van der Waals surface area contributed by atoms with Gasteiger partial charge in [-0.05, 0) is 21.9 Å². The fourth-order valence-electron chi connectivity index (χ4n) is 5.00. The molecule has 0 amide bonds. The van der Waals surface area contributed by atoms with Gasteiger partial charge in [-0.25, -0.2) is 0 Å². The van der Waals surface area contributed by atoms with E-state index in [-0.39, 0.29) is 13.7 Å². The van der Waals surface area contributed by atoms with Gasteiger partial charge in [0.15, 0.2) is 5.79 Å². The summed E-state index contributed by atoms with van der Waals surface area (Å²) in [6, 6.07) is 0. The van der Waals surface area contributed by atoms with E-state index in [4.69, 9.17) is 9.47 Å². The molecule has 0 atom stereocenters. The molecular formula is C16H31O2P. The molecule has 0 aliphatic carbocycles. The van der Waals surface area contributed by atoms with Crippen LogP contribution in [0.1, 0.15) is 67.7 Å². The third-order valence-corrected chi connectivity index (χ3v) is 8.38. The van der Waals surface area contributed by atoms with Crippen molar-refractivity contribution in [2.24, 2.45) is 0 Å². The Morgan fingerprint density at radius 1 is 0.842 bits per heavy atom. The molecule has 0 aromatic rings. The Labute approximate surface area is 120 Å². The fourth-order valence-corrected chi connectivity index (χ4v) is 11.1. The second-order valence-corrected chi connectivity index (χ2v) is 12.9. The zero-order chi connectivity index (χ0) is 14.5. The summed E-state index contributed by atoms with van der Waals surface area (Å²) in [7, 11) is -0.110. The van der Waals surface area contributed by atoms with Crippen LogP contribution in [0, 0.1) is 0 Å². The Morgan fingerprint density at radius 3 is 1.63 bits per heavy atom. The highest BCUT2D eigenvalue weighted by molar-refractivity contribution is 7.62. The van der Waals surface area contributed by atoms with Crippen molar-refractivity contribution in [3.8, 4) is 0 Å². The molecule has 3 heteroatoms. The fraction of sp³-hybridized carbons (Fsp3) is 1.00. The highest BCUT2D eigenvalue weighted by Gasteiger charge is 2.58. The van der Waals surface area contributed by atoms with Gasteiger partial charge < -0.3 is 9.47 Å². The largest absolute Gasteiger partial charge is 0.350 e. The molecule has 0 aromatic carbocycles. The first-order valence-electron chi connectivity index (χ1n) is 7.57. The molecule has 0 saturated carbocycles. The van der Waals surface area contributed by atoms with E-state index in [9.17, 15) is 0 Å². The minimum atomic E-state index is -0.310. The molecule has 19 heavy (non-hydrogen) atoms. The van der Waals surface area contributed by atoms with Crippen LogP contribution >= 0.6 is 7.92 Å². The molecule has 2 aliphatic heterocycles. The smallest absolute Gasteiger partial charge is 0.169 e. The zero-order valence-corrected chi connectivity index (χ0v) is 14.7. The highest BCUT2D eigenvalue weighted by atomic mass is 31.1. The van der Waals surface area contributed by atoms with Crippen molar-refractivity contribution in [3.63, 3.8) is 0 Å². The maximum absolute atomic E-state index is 6.13. The van der Waals surface area contributed by atoms with Crippen LogP contribution in [-0.4, -0.2) is 34.5 Å². The molecule has 1 spiro atoms. The number of ether oxygens (including phenoxy) is 2. The maximum Gasteiger partial charge on any atom is 0.169 e. The molecule has 2 heterocycles. The lowest BCUT2D eigenvalue weighted by Gasteiger charge is -2.61. The lowest BCUT2D eigenvalue weighted by molar-refractivity contribution is -0.281. The third-order valence-electron chi connectivity index (χ3n) is 4.30. The van der Waals surface area contributed by atoms with Gasteiger partial charge in [0.25, 0.3) is 0 Å². The van der Waals surface area contributed by atoms with Crippen LogP contribution in [0.3, 0.4) is 0 Å². The standard InChI is InChI=1S/C16H31O2P/c1-13(2,3)19-14(4,5)11-16(12-15(19,6)7)17-9-8-10-18-16/h8-12H2,1-7H3. The van der Waals surface area contributed by atoms with Crippen molar-refractivity contribution < 1.29 is 9.47 Å². The van der Waals surface area contributed by atoms with Crippen molar-refractivity contribution >= 4 is 7.92 Å². The summed E-state index contributed by atoms with van der Waals surface area (Å²) in [6.07, 6.45) is 3.13. The van der Waals surface area contributed by atoms with Gasteiger partial charge in [-0.3, -0.25) is 0 Å². The molecule has 0 N–H and O–H groups in total. The topological polar surface area (TPSA) is 18.5 Å². The zero-order valence-electron chi connectivity index (χ0n) is 13.8. The average molecular weight is 286 g/mol. The molecular weight excluding hydrogens is 255 g/mol. The maximum atomic E-state index is 6.13. The molecule has 112 valence electrons. The van der Waals surface area contributed by atoms with Gasteiger partial charge in [-0.2, -0.15) is 0 Å². The summed E-state index contributed by atoms with van der Waals surface area (Å²) in [4.78, 5) is 0. The first-order chi connectivity index (χ1) is 8.49. The quantitative estimate of drug-likeness (QED) is 0.598. The monoisotopic (exact) mass is 286 g/mol. The molecule has 2 rings (SSSR count). The van der Waals surface area contributed by atoms with E-state index < -0.39 is 0 Å². The van der Waals surface area contributed by atoms with Crippen LogP contribution in [0.25, 0.3) is 0 Å². The predicted octanol–water partition coefficient (Wildman–Crippen LogP) is 4.75. The van der Waals surface area contributed by atoms with E-state index in [1.165, 1.54) is 0 Å². The van der Waals surface area contributed by atoms with E-state index in [1.807, 2.05) is 0 Å². The van der Waals surface area contributed by atoms with Crippen LogP contribution in [0.5, 0.6) is 0 Å². The molecule has 0 unspecified atom stereocenters. The van der Waals surface area contributed by atoms with Gasteiger partial charge in [0, 0.05) is 12.8 Å². The van der Waals surface area contributed by atoms with Gasteiger partial charge in [0.1, 0.15) is 0 Å². The molecule has 2 saturated heterocycles.